The Morgan fingerprint density at radius 2 is 1.88 bits per heavy atom. The topological polar surface area (TPSA) is 75.5 Å². The lowest BCUT2D eigenvalue weighted by molar-refractivity contribution is -0.384. The van der Waals surface area contributed by atoms with E-state index in [1.165, 1.54) is 18.6 Å². The van der Waals surface area contributed by atoms with E-state index >= 15 is 0 Å². The first kappa shape index (κ1) is 17.9. The summed E-state index contributed by atoms with van der Waals surface area (Å²) in [7, 11) is 0. The van der Waals surface area contributed by atoms with Crippen molar-refractivity contribution < 1.29 is 9.72 Å². The Labute approximate surface area is 153 Å². The first-order valence-corrected chi connectivity index (χ1v) is 9.02. The zero-order valence-corrected chi connectivity index (χ0v) is 14.9. The van der Waals surface area contributed by atoms with Crippen molar-refractivity contribution in [1.82, 2.24) is 0 Å². The minimum Gasteiger partial charge on any atom is -0.371 e. The molecular formula is C20H23N3O3. The van der Waals surface area contributed by atoms with Gasteiger partial charge in [0, 0.05) is 30.9 Å². The second-order valence-electron chi connectivity index (χ2n) is 6.47. The van der Waals surface area contributed by atoms with Crippen molar-refractivity contribution in [3.63, 3.8) is 0 Å². The standard InChI is InChI=1S/C20H23N3O3/c1-2-15-8-4-5-9-18(15)21-20(24)17-14-16(23(25)26)10-11-19(17)22-12-6-3-7-13-22/h4-5,8-11,14H,2-3,6-7,12-13H2,1H3,(H,21,24). The van der Waals surface area contributed by atoms with Crippen LogP contribution in [0.25, 0.3) is 0 Å². The molecule has 0 spiro atoms. The number of hydrogen-bond donors (Lipinski definition) is 1. The normalized spacial score (nSPS) is 14.1. The second-order valence-corrected chi connectivity index (χ2v) is 6.47. The molecule has 0 aromatic heterocycles. The number of piperidine rings is 1. The Kier molecular flexibility index (Phi) is 5.51. The third-order valence-electron chi connectivity index (χ3n) is 4.78. The highest BCUT2D eigenvalue weighted by Crippen LogP contribution is 2.29. The molecule has 1 aliphatic heterocycles. The molecule has 2 aromatic rings. The van der Waals surface area contributed by atoms with Gasteiger partial charge in [0.05, 0.1) is 16.2 Å². The minimum absolute atomic E-state index is 0.0697. The quantitative estimate of drug-likeness (QED) is 0.638. The zero-order chi connectivity index (χ0) is 18.5. The number of benzene rings is 2. The van der Waals surface area contributed by atoms with E-state index < -0.39 is 4.92 Å². The molecule has 0 atom stereocenters. The van der Waals surface area contributed by atoms with Gasteiger partial charge in [-0.1, -0.05) is 25.1 Å². The van der Waals surface area contributed by atoms with Crippen LogP contribution in [-0.4, -0.2) is 23.9 Å². The van der Waals surface area contributed by atoms with Gasteiger partial charge >= 0.3 is 0 Å². The summed E-state index contributed by atoms with van der Waals surface area (Å²) in [5, 5.41) is 14.1. The molecule has 136 valence electrons. The van der Waals surface area contributed by atoms with Gasteiger partial charge in [0.1, 0.15) is 0 Å². The van der Waals surface area contributed by atoms with E-state index in [0.29, 0.717) is 5.56 Å². The summed E-state index contributed by atoms with van der Waals surface area (Å²) in [6, 6.07) is 12.2. The third-order valence-corrected chi connectivity index (χ3v) is 4.78. The number of rotatable bonds is 5. The van der Waals surface area contributed by atoms with Gasteiger partial charge in [0.25, 0.3) is 11.6 Å². The number of carbonyl (C=O) groups excluding carboxylic acids is 1. The van der Waals surface area contributed by atoms with Gasteiger partial charge in [0.15, 0.2) is 0 Å². The Bertz CT molecular complexity index is 814. The molecule has 1 N–H and O–H groups in total. The third kappa shape index (κ3) is 3.85. The highest BCUT2D eigenvalue weighted by atomic mass is 16.6. The van der Waals surface area contributed by atoms with Crippen molar-refractivity contribution in [1.29, 1.82) is 0 Å². The van der Waals surface area contributed by atoms with Crippen molar-refractivity contribution in [2.75, 3.05) is 23.3 Å². The molecular weight excluding hydrogens is 330 g/mol. The Morgan fingerprint density at radius 1 is 1.15 bits per heavy atom. The molecule has 0 aliphatic carbocycles. The van der Waals surface area contributed by atoms with Crippen LogP contribution in [-0.2, 0) is 6.42 Å². The molecule has 1 fully saturated rings. The summed E-state index contributed by atoms with van der Waals surface area (Å²) in [4.78, 5) is 25.8. The van der Waals surface area contributed by atoms with E-state index in [9.17, 15) is 14.9 Å². The predicted octanol–water partition coefficient (Wildman–Crippen LogP) is 4.40. The van der Waals surface area contributed by atoms with Crippen molar-refractivity contribution >= 4 is 23.0 Å². The molecule has 1 aliphatic rings. The van der Waals surface area contributed by atoms with Crippen LogP contribution < -0.4 is 10.2 Å². The van der Waals surface area contributed by atoms with E-state index in [1.54, 1.807) is 6.07 Å². The predicted molar refractivity (Wildman–Crippen MR) is 103 cm³/mol. The smallest absolute Gasteiger partial charge is 0.270 e. The Balaban J connectivity index is 1.96. The number of nitro benzene ring substituents is 1. The summed E-state index contributed by atoms with van der Waals surface area (Å²) in [6.45, 7) is 3.75. The van der Waals surface area contributed by atoms with E-state index in [0.717, 1.165) is 49.3 Å². The average molecular weight is 353 g/mol. The number of anilines is 2. The highest BCUT2D eigenvalue weighted by molar-refractivity contribution is 6.09. The number of amides is 1. The van der Waals surface area contributed by atoms with E-state index in [-0.39, 0.29) is 11.6 Å². The number of para-hydroxylation sites is 1. The van der Waals surface area contributed by atoms with Crippen molar-refractivity contribution in [3.05, 3.63) is 63.7 Å². The van der Waals surface area contributed by atoms with Crippen LogP contribution in [0.5, 0.6) is 0 Å². The summed E-state index contributed by atoms with van der Waals surface area (Å²) in [5.41, 5.74) is 2.83. The van der Waals surface area contributed by atoms with Gasteiger partial charge in [0.2, 0.25) is 0 Å². The van der Waals surface area contributed by atoms with Crippen LogP contribution in [0.4, 0.5) is 17.1 Å². The number of aryl methyl sites for hydroxylation is 1. The van der Waals surface area contributed by atoms with Gasteiger partial charge in [-0.05, 0) is 43.4 Å². The maximum Gasteiger partial charge on any atom is 0.270 e. The molecule has 0 unspecified atom stereocenters. The van der Waals surface area contributed by atoms with Crippen LogP contribution >= 0.6 is 0 Å². The lowest BCUT2D eigenvalue weighted by Gasteiger charge is -2.30. The SMILES string of the molecule is CCc1ccccc1NC(=O)c1cc([N+](=O)[O-])ccc1N1CCCCC1. The summed E-state index contributed by atoms with van der Waals surface area (Å²) in [5.74, 6) is -0.310. The van der Waals surface area contributed by atoms with Crippen molar-refractivity contribution in [2.24, 2.45) is 0 Å². The number of nitrogens with zero attached hydrogens (tertiary/aromatic N) is 2. The van der Waals surface area contributed by atoms with Gasteiger partial charge in [-0.3, -0.25) is 14.9 Å². The number of nitro groups is 1. The van der Waals surface area contributed by atoms with Gasteiger partial charge < -0.3 is 10.2 Å². The summed E-state index contributed by atoms with van der Waals surface area (Å²) >= 11 is 0. The van der Waals surface area contributed by atoms with Crippen LogP contribution in [0.3, 0.4) is 0 Å². The van der Waals surface area contributed by atoms with Crippen LogP contribution in [0.2, 0.25) is 0 Å². The van der Waals surface area contributed by atoms with Crippen molar-refractivity contribution in [2.45, 2.75) is 32.6 Å². The number of non-ortho nitro benzene ring substituents is 1. The average Bonchev–Trinajstić information content (AvgIpc) is 2.68. The lowest BCUT2D eigenvalue weighted by Crippen LogP contribution is -2.31. The van der Waals surface area contributed by atoms with E-state index in [4.69, 9.17) is 0 Å². The van der Waals surface area contributed by atoms with Gasteiger partial charge in [-0.25, -0.2) is 0 Å². The molecule has 0 saturated carbocycles. The molecule has 0 bridgehead atoms. The maximum absolute atomic E-state index is 13.0. The second kappa shape index (κ2) is 7.99. The molecule has 1 heterocycles. The minimum atomic E-state index is -0.462. The van der Waals surface area contributed by atoms with E-state index in [1.807, 2.05) is 31.2 Å². The van der Waals surface area contributed by atoms with Crippen LogP contribution in [0, 0.1) is 10.1 Å². The molecule has 6 nitrogen and oxygen atoms in total. The largest absolute Gasteiger partial charge is 0.371 e. The van der Waals surface area contributed by atoms with E-state index in [2.05, 4.69) is 10.2 Å². The first-order valence-electron chi connectivity index (χ1n) is 9.02. The maximum atomic E-state index is 13.0. The van der Waals surface area contributed by atoms with Crippen LogP contribution in [0.1, 0.15) is 42.1 Å². The molecule has 2 aromatic carbocycles. The Hall–Kier alpha value is -2.89. The molecule has 0 radical (unpaired) electrons. The molecule has 1 saturated heterocycles. The fourth-order valence-electron chi connectivity index (χ4n) is 3.37. The molecule has 6 heteroatoms. The fourth-order valence-corrected chi connectivity index (χ4v) is 3.37. The summed E-state index contributed by atoms with van der Waals surface area (Å²) < 4.78 is 0. The molecule has 1 amide bonds. The number of nitrogens with one attached hydrogen (secondary N) is 1. The summed E-state index contributed by atoms with van der Waals surface area (Å²) in [6.07, 6.45) is 4.10. The van der Waals surface area contributed by atoms with Crippen molar-refractivity contribution in [3.8, 4) is 0 Å². The van der Waals surface area contributed by atoms with Gasteiger partial charge in [-0.15, -0.1) is 0 Å². The van der Waals surface area contributed by atoms with Gasteiger partial charge in [-0.2, -0.15) is 0 Å². The Morgan fingerprint density at radius 3 is 2.58 bits per heavy atom. The monoisotopic (exact) mass is 353 g/mol. The lowest BCUT2D eigenvalue weighted by atomic mass is 10.0. The fraction of sp³-hybridized carbons (Fsp3) is 0.350. The highest BCUT2D eigenvalue weighted by Gasteiger charge is 2.22. The first-order chi connectivity index (χ1) is 12.6. The molecule has 26 heavy (non-hydrogen) atoms. The van der Waals surface area contributed by atoms with Crippen LogP contribution in [0.15, 0.2) is 42.5 Å². The number of carbonyl (C=O) groups is 1. The number of hydrogen-bond acceptors (Lipinski definition) is 4. The molecule has 3 rings (SSSR count). The zero-order valence-electron chi connectivity index (χ0n) is 14.9.